The van der Waals surface area contributed by atoms with Crippen molar-refractivity contribution < 1.29 is 17.6 Å². The van der Waals surface area contributed by atoms with Crippen LogP contribution in [-0.4, -0.2) is 14.3 Å². The molecule has 1 unspecified atom stereocenters. The second-order valence-electron chi connectivity index (χ2n) is 6.13. The van der Waals surface area contributed by atoms with Crippen LogP contribution in [0.3, 0.4) is 0 Å². The predicted octanol–water partition coefficient (Wildman–Crippen LogP) is 4.96. The lowest BCUT2D eigenvalue weighted by Gasteiger charge is -2.24. The second kappa shape index (κ2) is 6.85. The number of benzene rings is 2. The Bertz CT molecular complexity index is 1140. The first-order chi connectivity index (χ1) is 12.9. The van der Waals surface area contributed by atoms with Crippen molar-refractivity contribution in [2.75, 3.05) is 5.32 Å². The van der Waals surface area contributed by atoms with Crippen LogP contribution in [0.5, 0.6) is 0 Å². The zero-order valence-corrected chi connectivity index (χ0v) is 17.0. The van der Waals surface area contributed by atoms with E-state index in [-0.39, 0.29) is 27.8 Å². The van der Waals surface area contributed by atoms with E-state index in [9.17, 15) is 17.6 Å². The van der Waals surface area contributed by atoms with Crippen molar-refractivity contribution in [3.05, 3.63) is 74.6 Å². The van der Waals surface area contributed by atoms with E-state index in [4.69, 9.17) is 0 Å². The summed E-state index contributed by atoms with van der Waals surface area (Å²) in [6, 6.07) is 12.6. The number of rotatable bonds is 3. The SMILES string of the molecule is O=C1CC(c2cc(Br)ccc2F)c2scc(S(=O)(=O)c3ccccc3)c2N1. The molecule has 1 aromatic heterocycles. The fourth-order valence-electron chi connectivity index (χ4n) is 3.16. The average molecular weight is 466 g/mol. The number of amides is 1. The first kappa shape index (κ1) is 18.3. The minimum absolute atomic E-state index is 0.0437. The average Bonchev–Trinajstić information content (AvgIpc) is 3.08. The summed E-state index contributed by atoms with van der Waals surface area (Å²) in [7, 11) is -3.79. The van der Waals surface area contributed by atoms with Gasteiger partial charge in [0.05, 0.1) is 10.6 Å². The number of carbonyl (C=O) groups is 1. The van der Waals surface area contributed by atoms with Gasteiger partial charge in [0, 0.05) is 27.1 Å². The lowest BCUT2D eigenvalue weighted by Crippen LogP contribution is -2.24. The Morgan fingerprint density at radius 2 is 1.89 bits per heavy atom. The van der Waals surface area contributed by atoms with Crippen molar-refractivity contribution in [2.24, 2.45) is 0 Å². The lowest BCUT2D eigenvalue weighted by atomic mass is 9.90. The van der Waals surface area contributed by atoms with Crippen LogP contribution in [0.4, 0.5) is 10.1 Å². The number of fused-ring (bicyclic) bond motifs is 1. The Morgan fingerprint density at radius 3 is 2.63 bits per heavy atom. The topological polar surface area (TPSA) is 63.2 Å². The summed E-state index contributed by atoms with van der Waals surface area (Å²) in [6.45, 7) is 0. The molecule has 1 aliphatic rings. The first-order valence-electron chi connectivity index (χ1n) is 8.04. The molecule has 0 aliphatic carbocycles. The summed E-state index contributed by atoms with van der Waals surface area (Å²) >= 11 is 4.54. The van der Waals surface area contributed by atoms with E-state index in [0.717, 1.165) is 0 Å². The molecule has 1 amide bonds. The summed E-state index contributed by atoms with van der Waals surface area (Å²) < 4.78 is 41.1. The smallest absolute Gasteiger partial charge is 0.225 e. The molecule has 27 heavy (non-hydrogen) atoms. The number of carbonyl (C=O) groups excluding carboxylic acids is 1. The van der Waals surface area contributed by atoms with Gasteiger partial charge in [-0.25, -0.2) is 12.8 Å². The molecule has 0 saturated heterocycles. The number of hydrogen-bond acceptors (Lipinski definition) is 4. The van der Waals surface area contributed by atoms with Crippen LogP contribution in [0.2, 0.25) is 0 Å². The van der Waals surface area contributed by atoms with E-state index in [1.807, 2.05) is 0 Å². The van der Waals surface area contributed by atoms with Crippen LogP contribution >= 0.6 is 27.3 Å². The molecule has 0 bridgehead atoms. The monoisotopic (exact) mass is 465 g/mol. The van der Waals surface area contributed by atoms with Gasteiger partial charge in [-0.2, -0.15) is 0 Å². The van der Waals surface area contributed by atoms with Gasteiger partial charge in [0.2, 0.25) is 15.7 Å². The molecule has 3 aromatic rings. The number of hydrogen-bond donors (Lipinski definition) is 1. The van der Waals surface area contributed by atoms with Crippen LogP contribution in [0.25, 0.3) is 0 Å². The Hall–Kier alpha value is -2.03. The number of nitrogens with one attached hydrogen (secondary N) is 1. The van der Waals surface area contributed by atoms with Gasteiger partial charge in [-0.05, 0) is 35.9 Å². The van der Waals surface area contributed by atoms with Crippen molar-refractivity contribution in [1.82, 2.24) is 0 Å². The van der Waals surface area contributed by atoms with Crippen molar-refractivity contribution in [1.29, 1.82) is 0 Å². The molecule has 0 fully saturated rings. The summed E-state index contributed by atoms with van der Waals surface area (Å²) in [5, 5.41) is 4.19. The van der Waals surface area contributed by atoms with Gasteiger partial charge in [0.1, 0.15) is 10.7 Å². The highest BCUT2D eigenvalue weighted by molar-refractivity contribution is 9.10. The van der Waals surface area contributed by atoms with Crippen molar-refractivity contribution in [3.63, 3.8) is 0 Å². The molecule has 1 N–H and O–H groups in total. The highest BCUT2D eigenvalue weighted by Crippen LogP contribution is 2.46. The molecule has 8 heteroatoms. The van der Waals surface area contributed by atoms with E-state index in [1.165, 1.54) is 34.9 Å². The third-order valence-corrected chi connectivity index (χ3v) is 7.96. The predicted molar refractivity (Wildman–Crippen MR) is 105 cm³/mol. The molecule has 138 valence electrons. The van der Waals surface area contributed by atoms with Crippen molar-refractivity contribution in [2.45, 2.75) is 22.1 Å². The molecule has 2 aromatic carbocycles. The van der Waals surface area contributed by atoms with Crippen LogP contribution in [0.1, 0.15) is 22.8 Å². The Morgan fingerprint density at radius 1 is 1.15 bits per heavy atom. The second-order valence-corrected chi connectivity index (χ2v) is 9.87. The summed E-state index contributed by atoms with van der Waals surface area (Å²) in [4.78, 5) is 13.1. The van der Waals surface area contributed by atoms with Crippen molar-refractivity contribution in [3.8, 4) is 0 Å². The Labute approximate surface area is 168 Å². The molecule has 1 atom stereocenters. The van der Waals surface area contributed by atoms with E-state index in [2.05, 4.69) is 21.2 Å². The quantitative estimate of drug-likeness (QED) is 0.594. The third kappa shape index (κ3) is 3.22. The summed E-state index contributed by atoms with van der Waals surface area (Å²) in [5.74, 6) is -1.30. The van der Waals surface area contributed by atoms with Crippen LogP contribution in [0, 0.1) is 5.82 Å². The first-order valence-corrected chi connectivity index (χ1v) is 11.2. The largest absolute Gasteiger partial charge is 0.324 e. The van der Waals surface area contributed by atoms with Gasteiger partial charge in [0.25, 0.3) is 0 Å². The van der Waals surface area contributed by atoms with Gasteiger partial charge in [-0.1, -0.05) is 34.1 Å². The zero-order valence-electron chi connectivity index (χ0n) is 13.8. The van der Waals surface area contributed by atoms with Crippen LogP contribution < -0.4 is 5.32 Å². The molecular formula is C19H13BrFNO3S2. The Balaban J connectivity index is 1.87. The fraction of sp³-hybridized carbons (Fsp3) is 0.105. The highest BCUT2D eigenvalue weighted by atomic mass is 79.9. The maximum Gasteiger partial charge on any atom is 0.225 e. The van der Waals surface area contributed by atoms with Gasteiger partial charge in [0.15, 0.2) is 0 Å². The van der Waals surface area contributed by atoms with E-state index < -0.39 is 21.6 Å². The maximum atomic E-state index is 14.4. The lowest BCUT2D eigenvalue weighted by molar-refractivity contribution is -0.116. The van der Waals surface area contributed by atoms with E-state index in [1.54, 1.807) is 30.3 Å². The van der Waals surface area contributed by atoms with Gasteiger partial charge in [-0.15, -0.1) is 11.3 Å². The molecule has 1 aliphatic heterocycles. The molecule has 4 rings (SSSR count). The zero-order chi connectivity index (χ0) is 19.2. The fourth-order valence-corrected chi connectivity index (χ4v) is 6.46. The van der Waals surface area contributed by atoms with Gasteiger partial charge < -0.3 is 5.32 Å². The van der Waals surface area contributed by atoms with Crippen molar-refractivity contribution >= 4 is 48.7 Å². The minimum Gasteiger partial charge on any atom is -0.324 e. The maximum absolute atomic E-state index is 14.4. The van der Waals surface area contributed by atoms with Gasteiger partial charge in [-0.3, -0.25) is 4.79 Å². The summed E-state index contributed by atoms with van der Waals surface area (Å²) in [6.07, 6.45) is 0.0612. The number of thiophene rings is 1. The molecule has 0 radical (unpaired) electrons. The van der Waals surface area contributed by atoms with Crippen LogP contribution in [-0.2, 0) is 14.6 Å². The van der Waals surface area contributed by atoms with Crippen LogP contribution in [0.15, 0.2) is 68.2 Å². The molecule has 2 heterocycles. The number of sulfone groups is 1. The Kier molecular flexibility index (Phi) is 4.65. The minimum atomic E-state index is -3.79. The molecule has 4 nitrogen and oxygen atoms in total. The number of anilines is 1. The molecular weight excluding hydrogens is 453 g/mol. The standard InChI is InChI=1S/C19H13BrFNO3S2/c20-11-6-7-15(21)13(8-11)14-9-17(23)22-18-16(10-26-19(14)18)27(24,25)12-4-2-1-3-5-12/h1-8,10,14H,9H2,(H,22,23). The third-order valence-electron chi connectivity index (χ3n) is 4.43. The van der Waals surface area contributed by atoms with Gasteiger partial charge >= 0.3 is 0 Å². The number of halogens is 2. The highest BCUT2D eigenvalue weighted by Gasteiger charge is 2.35. The normalized spacial score (nSPS) is 16.7. The molecule has 0 spiro atoms. The summed E-state index contributed by atoms with van der Waals surface area (Å²) in [5.41, 5.74) is 0.621. The van der Waals surface area contributed by atoms with E-state index in [0.29, 0.717) is 14.9 Å². The van der Waals surface area contributed by atoms with E-state index >= 15 is 0 Å². The molecule has 0 saturated carbocycles.